The summed E-state index contributed by atoms with van der Waals surface area (Å²) < 4.78 is 0. The van der Waals surface area contributed by atoms with E-state index in [-0.39, 0.29) is 12.1 Å². The van der Waals surface area contributed by atoms with Gasteiger partial charge in [-0.15, -0.1) is 10.2 Å². The van der Waals surface area contributed by atoms with Crippen LogP contribution >= 0.6 is 0 Å². The van der Waals surface area contributed by atoms with Crippen molar-refractivity contribution in [1.29, 1.82) is 0 Å². The third kappa shape index (κ3) is 7.14. The van der Waals surface area contributed by atoms with Gasteiger partial charge in [0.05, 0.1) is 23.5 Å². The van der Waals surface area contributed by atoms with Crippen LogP contribution in [0.15, 0.2) is 41.8 Å². The molecule has 2 aliphatic carbocycles. The van der Waals surface area contributed by atoms with Crippen molar-refractivity contribution in [1.82, 2.24) is 40.8 Å². The molecule has 0 saturated carbocycles. The molecule has 4 aromatic rings. The zero-order valence-corrected chi connectivity index (χ0v) is 25.6. The number of nitrogens with one attached hydrogen (secondary N) is 2. The lowest BCUT2D eigenvalue weighted by Gasteiger charge is -2.32. The van der Waals surface area contributed by atoms with E-state index in [4.69, 9.17) is 11.3 Å². The molecule has 14 nitrogen and oxygen atoms in total. The number of rotatable bonds is 11. The second-order valence-corrected chi connectivity index (χ2v) is 11.3. The van der Waals surface area contributed by atoms with Crippen LogP contribution in [-0.4, -0.2) is 68.0 Å². The van der Waals surface area contributed by atoms with Crippen LogP contribution in [0.25, 0.3) is 10.4 Å². The van der Waals surface area contributed by atoms with Crippen LogP contribution in [0.4, 0.5) is 11.6 Å². The number of hydrogen-bond donors (Lipinski definition) is 3. The van der Waals surface area contributed by atoms with Gasteiger partial charge < -0.3 is 15.5 Å². The fourth-order valence-corrected chi connectivity index (χ4v) is 6.25. The van der Waals surface area contributed by atoms with Crippen molar-refractivity contribution >= 4 is 11.6 Å². The number of nitrogens with zero attached hydrogens (tertiary/aromatic N) is 11. The molecule has 0 saturated heterocycles. The van der Waals surface area contributed by atoms with Gasteiger partial charge in [0, 0.05) is 37.9 Å². The highest BCUT2D eigenvalue weighted by atomic mass is 15.4. The molecule has 0 aromatic carbocycles. The van der Waals surface area contributed by atoms with E-state index in [9.17, 15) is 0 Å². The van der Waals surface area contributed by atoms with Crippen LogP contribution in [-0.2, 0) is 25.7 Å². The Morgan fingerprint density at radius 1 is 0.841 bits per heavy atom. The number of hydrogen-bond acceptors (Lipinski definition) is 10. The highest BCUT2D eigenvalue weighted by molar-refractivity contribution is 5.46. The molecular weight excluding hydrogens is 556 g/mol. The molecule has 2 aliphatic rings. The van der Waals surface area contributed by atoms with E-state index >= 15 is 0 Å². The SMILES string of the molecule is CN(c1n[nH]nc1CCCN)C1CCCc2cccnc21.CN(c1n[nH]nc1CCCN=[N+]=[N-])C1CCCc2cccnc21. The fraction of sp³-hybridized carbons (Fsp3) is 0.533. The van der Waals surface area contributed by atoms with Crippen molar-refractivity contribution in [3.8, 4) is 0 Å². The molecule has 0 amide bonds. The second-order valence-electron chi connectivity index (χ2n) is 11.3. The molecule has 4 aromatic heterocycles. The number of pyridine rings is 2. The monoisotopic (exact) mass is 598 g/mol. The number of azide groups is 1. The van der Waals surface area contributed by atoms with Crippen molar-refractivity contribution < 1.29 is 0 Å². The summed E-state index contributed by atoms with van der Waals surface area (Å²) in [5.41, 5.74) is 20.8. The number of fused-ring (bicyclic) bond motifs is 2. The van der Waals surface area contributed by atoms with E-state index in [2.05, 4.69) is 79.8 Å². The number of nitrogens with two attached hydrogens (primary N) is 1. The molecule has 0 fully saturated rings. The van der Waals surface area contributed by atoms with E-state index in [0.29, 0.717) is 13.1 Å². The Morgan fingerprint density at radius 3 is 1.86 bits per heavy atom. The summed E-state index contributed by atoms with van der Waals surface area (Å²) in [4.78, 5) is 16.3. The number of aryl methyl sites for hydroxylation is 4. The molecule has 0 aliphatic heterocycles. The van der Waals surface area contributed by atoms with E-state index in [1.54, 1.807) is 0 Å². The molecule has 4 N–H and O–H groups in total. The van der Waals surface area contributed by atoms with Crippen molar-refractivity contribution in [2.75, 3.05) is 37.0 Å². The van der Waals surface area contributed by atoms with Gasteiger partial charge in [0.2, 0.25) is 0 Å². The lowest BCUT2D eigenvalue weighted by molar-refractivity contribution is 0.525. The minimum Gasteiger partial charge on any atom is -0.348 e. The van der Waals surface area contributed by atoms with Gasteiger partial charge in [-0.05, 0) is 99.5 Å². The lowest BCUT2D eigenvalue weighted by Crippen LogP contribution is -2.29. The maximum absolute atomic E-state index is 8.34. The molecule has 2 atom stereocenters. The Bertz CT molecular complexity index is 1520. The predicted molar refractivity (Wildman–Crippen MR) is 169 cm³/mol. The molecule has 0 bridgehead atoms. The Kier molecular flexibility index (Phi) is 10.7. The number of H-pyrrole nitrogens is 2. The van der Waals surface area contributed by atoms with Gasteiger partial charge in [-0.3, -0.25) is 9.97 Å². The van der Waals surface area contributed by atoms with E-state index in [0.717, 1.165) is 86.5 Å². The van der Waals surface area contributed by atoms with Gasteiger partial charge in [0.1, 0.15) is 11.4 Å². The molecule has 2 unspecified atom stereocenters. The maximum atomic E-state index is 8.34. The average molecular weight is 599 g/mol. The minimum atomic E-state index is 0.223. The third-order valence-electron chi connectivity index (χ3n) is 8.48. The summed E-state index contributed by atoms with van der Waals surface area (Å²) in [6, 6.07) is 8.85. The van der Waals surface area contributed by atoms with Crippen LogP contribution < -0.4 is 15.5 Å². The van der Waals surface area contributed by atoms with Crippen molar-refractivity contribution in [2.24, 2.45) is 10.8 Å². The summed E-state index contributed by atoms with van der Waals surface area (Å²) >= 11 is 0. The van der Waals surface area contributed by atoms with Crippen molar-refractivity contribution in [3.05, 3.63) is 81.0 Å². The average Bonchev–Trinajstić information content (AvgIpc) is 3.75. The largest absolute Gasteiger partial charge is 0.348 e. The zero-order valence-electron chi connectivity index (χ0n) is 25.6. The van der Waals surface area contributed by atoms with Crippen molar-refractivity contribution in [3.63, 3.8) is 0 Å². The molecule has 0 spiro atoms. The zero-order chi connectivity index (χ0) is 30.7. The predicted octanol–water partition coefficient (Wildman–Crippen LogP) is 4.56. The Morgan fingerprint density at radius 2 is 1.36 bits per heavy atom. The quantitative estimate of drug-likeness (QED) is 0.0961. The number of aromatic amines is 2. The molecule has 14 heteroatoms. The fourth-order valence-electron chi connectivity index (χ4n) is 6.25. The smallest absolute Gasteiger partial charge is 0.174 e. The standard InChI is InChI=1S/C15H20N8.C15H22N6/c1-23(13-8-2-5-11-6-3-9-17-14(11)13)15-12(19-22-20-15)7-4-10-18-21-16;1-21(15-12(7-3-9-16)18-20-19-15)13-8-2-5-11-6-4-10-17-14(11)13/h3,6,9,13H,2,4-5,7-8,10H2,1H3,(H,19,20,22);4,6,10,13H,2-3,5,7-9,16H2,1H3,(H,18,19,20). The summed E-state index contributed by atoms with van der Waals surface area (Å²) in [5, 5.41) is 26.2. The van der Waals surface area contributed by atoms with Gasteiger partial charge in [0.15, 0.2) is 11.6 Å². The van der Waals surface area contributed by atoms with Crippen molar-refractivity contribution in [2.45, 2.75) is 76.3 Å². The Labute approximate surface area is 257 Å². The molecule has 44 heavy (non-hydrogen) atoms. The molecule has 4 heterocycles. The van der Waals surface area contributed by atoms with Gasteiger partial charge in [-0.2, -0.15) is 20.6 Å². The van der Waals surface area contributed by atoms with Gasteiger partial charge in [-0.25, -0.2) is 0 Å². The Hall–Kier alpha value is -4.55. The number of anilines is 2. The topological polar surface area (TPSA) is 190 Å². The lowest BCUT2D eigenvalue weighted by atomic mass is 9.91. The Balaban J connectivity index is 0.000000175. The first-order chi connectivity index (χ1) is 21.6. The normalized spacial score (nSPS) is 17.0. The summed E-state index contributed by atoms with van der Waals surface area (Å²) in [6.45, 7) is 1.14. The molecule has 232 valence electrons. The summed E-state index contributed by atoms with van der Waals surface area (Å²) in [7, 11) is 4.13. The minimum absolute atomic E-state index is 0.223. The maximum Gasteiger partial charge on any atom is 0.174 e. The highest BCUT2D eigenvalue weighted by Gasteiger charge is 2.29. The molecule has 6 rings (SSSR count). The van der Waals surface area contributed by atoms with Gasteiger partial charge in [-0.1, -0.05) is 17.2 Å². The molecule has 0 radical (unpaired) electrons. The van der Waals surface area contributed by atoms with E-state index < -0.39 is 0 Å². The van der Waals surface area contributed by atoms with E-state index in [1.165, 1.54) is 23.2 Å². The third-order valence-corrected chi connectivity index (χ3v) is 8.48. The summed E-state index contributed by atoms with van der Waals surface area (Å²) in [6.07, 6.45) is 13.7. The van der Waals surface area contributed by atoms with Crippen LogP contribution in [0.5, 0.6) is 0 Å². The van der Waals surface area contributed by atoms with Gasteiger partial charge >= 0.3 is 0 Å². The van der Waals surface area contributed by atoms with E-state index in [1.807, 2.05) is 31.6 Å². The highest BCUT2D eigenvalue weighted by Crippen LogP contribution is 2.36. The number of aromatic nitrogens is 8. The van der Waals surface area contributed by atoms with Crippen LogP contribution in [0.2, 0.25) is 0 Å². The summed E-state index contributed by atoms with van der Waals surface area (Å²) in [5.74, 6) is 1.78. The van der Waals surface area contributed by atoms with Crippen LogP contribution in [0.3, 0.4) is 0 Å². The van der Waals surface area contributed by atoms with Gasteiger partial charge in [0.25, 0.3) is 0 Å². The van der Waals surface area contributed by atoms with Crippen LogP contribution in [0.1, 0.15) is 84.5 Å². The first kappa shape index (κ1) is 30.9. The molecular formula is C30H42N14. The van der Waals surface area contributed by atoms with Crippen LogP contribution in [0, 0.1) is 0 Å². The first-order valence-electron chi connectivity index (χ1n) is 15.5. The second kappa shape index (κ2) is 15.3. The first-order valence-corrected chi connectivity index (χ1v) is 15.5.